The Kier molecular flexibility index (Phi) is 5.91. The Morgan fingerprint density at radius 1 is 1.11 bits per heavy atom. The van der Waals surface area contributed by atoms with Crippen molar-refractivity contribution < 1.29 is 14.3 Å². The van der Waals surface area contributed by atoms with E-state index >= 15 is 0 Å². The van der Waals surface area contributed by atoms with Gasteiger partial charge in [-0.15, -0.1) is 0 Å². The first-order chi connectivity index (χ1) is 13.0. The predicted octanol–water partition coefficient (Wildman–Crippen LogP) is 2.14. The molecule has 7 heteroatoms. The second-order valence-electron chi connectivity index (χ2n) is 6.77. The zero-order valence-corrected chi connectivity index (χ0v) is 16.1. The van der Waals surface area contributed by atoms with Gasteiger partial charge in [0.15, 0.2) is 0 Å². The van der Waals surface area contributed by atoms with Crippen LogP contribution in [0.2, 0.25) is 0 Å². The van der Waals surface area contributed by atoms with E-state index < -0.39 is 0 Å². The van der Waals surface area contributed by atoms with Gasteiger partial charge in [-0.1, -0.05) is 0 Å². The SMILES string of the molecule is CCOC(=O)c1cnn(-c2ccc(C(=O)N3CCCN(C)CC3)cc2)c1C. The highest BCUT2D eigenvalue weighted by Gasteiger charge is 2.20. The molecule has 1 saturated heterocycles. The number of esters is 1. The number of amides is 1. The lowest BCUT2D eigenvalue weighted by Gasteiger charge is -2.20. The molecule has 0 aliphatic carbocycles. The van der Waals surface area contributed by atoms with E-state index in [4.69, 9.17) is 4.74 Å². The molecule has 2 heterocycles. The van der Waals surface area contributed by atoms with Gasteiger partial charge in [0.05, 0.1) is 24.2 Å². The lowest BCUT2D eigenvalue weighted by Crippen LogP contribution is -2.34. The fraction of sp³-hybridized carbons (Fsp3) is 0.450. The van der Waals surface area contributed by atoms with Crippen molar-refractivity contribution in [2.75, 3.05) is 39.8 Å². The molecule has 0 unspecified atom stereocenters. The largest absolute Gasteiger partial charge is 0.462 e. The number of nitrogens with zero attached hydrogens (tertiary/aromatic N) is 4. The van der Waals surface area contributed by atoms with Crippen LogP contribution in [0.25, 0.3) is 5.69 Å². The quantitative estimate of drug-likeness (QED) is 0.772. The van der Waals surface area contributed by atoms with Crippen molar-refractivity contribution >= 4 is 11.9 Å². The Hall–Kier alpha value is -2.67. The Balaban J connectivity index is 1.76. The maximum Gasteiger partial charge on any atom is 0.341 e. The van der Waals surface area contributed by atoms with Crippen LogP contribution in [0.15, 0.2) is 30.5 Å². The van der Waals surface area contributed by atoms with Gasteiger partial charge in [0.1, 0.15) is 5.56 Å². The molecule has 0 radical (unpaired) electrons. The van der Waals surface area contributed by atoms with Crippen molar-refractivity contribution in [1.82, 2.24) is 19.6 Å². The summed E-state index contributed by atoms with van der Waals surface area (Å²) in [5.41, 5.74) is 2.63. The number of hydrogen-bond donors (Lipinski definition) is 0. The minimum Gasteiger partial charge on any atom is -0.462 e. The average Bonchev–Trinajstić information content (AvgIpc) is 2.91. The Labute approximate surface area is 159 Å². The maximum absolute atomic E-state index is 12.8. The molecule has 1 aromatic heterocycles. The molecule has 0 N–H and O–H groups in total. The Bertz CT molecular complexity index is 813. The molecule has 2 aromatic rings. The zero-order chi connectivity index (χ0) is 19.4. The Morgan fingerprint density at radius 2 is 1.85 bits per heavy atom. The minimum atomic E-state index is -0.376. The van der Waals surface area contributed by atoms with Crippen molar-refractivity contribution in [1.29, 1.82) is 0 Å². The second kappa shape index (κ2) is 8.35. The van der Waals surface area contributed by atoms with Crippen molar-refractivity contribution in [3.05, 3.63) is 47.3 Å². The molecular formula is C20H26N4O3. The van der Waals surface area contributed by atoms with Gasteiger partial charge in [-0.05, 0) is 58.1 Å². The van der Waals surface area contributed by atoms with E-state index in [9.17, 15) is 9.59 Å². The molecule has 1 fully saturated rings. The van der Waals surface area contributed by atoms with E-state index in [2.05, 4.69) is 17.0 Å². The van der Waals surface area contributed by atoms with E-state index in [0.717, 1.165) is 38.3 Å². The van der Waals surface area contributed by atoms with Gasteiger partial charge in [-0.3, -0.25) is 4.79 Å². The minimum absolute atomic E-state index is 0.0567. The molecule has 144 valence electrons. The molecule has 1 aliphatic rings. The third-order valence-electron chi connectivity index (χ3n) is 4.87. The van der Waals surface area contributed by atoms with Crippen molar-refractivity contribution in [2.24, 2.45) is 0 Å². The standard InChI is InChI=1S/C20H26N4O3/c1-4-27-20(26)18-14-21-24(15(18)2)17-8-6-16(7-9-17)19(25)23-11-5-10-22(3)12-13-23/h6-9,14H,4-5,10-13H2,1-3H3. The van der Waals surface area contributed by atoms with E-state index in [1.165, 1.54) is 6.20 Å². The molecule has 0 atom stereocenters. The number of ether oxygens (including phenoxy) is 1. The van der Waals surface area contributed by atoms with Gasteiger partial charge >= 0.3 is 5.97 Å². The number of benzene rings is 1. The average molecular weight is 370 g/mol. The van der Waals surface area contributed by atoms with Crippen LogP contribution in [0.1, 0.15) is 39.8 Å². The first-order valence-corrected chi connectivity index (χ1v) is 9.31. The van der Waals surface area contributed by atoms with E-state index in [-0.39, 0.29) is 11.9 Å². The summed E-state index contributed by atoms with van der Waals surface area (Å²) in [6, 6.07) is 7.34. The Morgan fingerprint density at radius 3 is 2.56 bits per heavy atom. The molecule has 27 heavy (non-hydrogen) atoms. The molecule has 0 bridgehead atoms. The maximum atomic E-state index is 12.8. The van der Waals surface area contributed by atoms with Crippen LogP contribution in [-0.4, -0.2) is 71.3 Å². The van der Waals surface area contributed by atoms with E-state index in [1.54, 1.807) is 11.6 Å². The van der Waals surface area contributed by atoms with Crippen LogP contribution >= 0.6 is 0 Å². The van der Waals surface area contributed by atoms with Crippen molar-refractivity contribution in [2.45, 2.75) is 20.3 Å². The first-order valence-electron chi connectivity index (χ1n) is 9.31. The van der Waals surface area contributed by atoms with Gasteiger partial charge in [0.2, 0.25) is 0 Å². The summed E-state index contributed by atoms with van der Waals surface area (Å²) in [7, 11) is 2.08. The van der Waals surface area contributed by atoms with Crippen molar-refractivity contribution in [3.8, 4) is 5.69 Å². The number of hydrogen-bond acceptors (Lipinski definition) is 5. The molecule has 1 aliphatic heterocycles. The number of aromatic nitrogens is 2. The molecule has 3 rings (SSSR count). The third kappa shape index (κ3) is 4.19. The summed E-state index contributed by atoms with van der Waals surface area (Å²) >= 11 is 0. The van der Waals surface area contributed by atoms with Crippen LogP contribution in [0.3, 0.4) is 0 Å². The normalized spacial score (nSPS) is 15.4. The number of likely N-dealkylation sites (N-methyl/N-ethyl adjacent to an activating group) is 1. The second-order valence-corrected chi connectivity index (χ2v) is 6.77. The van der Waals surface area contributed by atoms with Gasteiger partial charge in [-0.25, -0.2) is 9.48 Å². The molecular weight excluding hydrogens is 344 g/mol. The van der Waals surface area contributed by atoms with E-state index in [0.29, 0.717) is 23.4 Å². The lowest BCUT2D eigenvalue weighted by molar-refractivity contribution is 0.0525. The lowest BCUT2D eigenvalue weighted by atomic mass is 10.1. The van der Waals surface area contributed by atoms with Gasteiger partial charge in [0.25, 0.3) is 5.91 Å². The van der Waals surface area contributed by atoms with Crippen LogP contribution < -0.4 is 0 Å². The number of rotatable bonds is 4. The highest BCUT2D eigenvalue weighted by molar-refractivity contribution is 5.94. The molecule has 0 spiro atoms. The number of carbonyl (C=O) groups excluding carboxylic acids is 2. The third-order valence-corrected chi connectivity index (χ3v) is 4.87. The number of carbonyl (C=O) groups is 2. The summed E-state index contributed by atoms with van der Waals surface area (Å²) in [6.45, 7) is 7.37. The van der Waals surface area contributed by atoms with Gasteiger partial charge < -0.3 is 14.5 Å². The summed E-state index contributed by atoms with van der Waals surface area (Å²) in [4.78, 5) is 28.9. The first kappa shape index (κ1) is 19.1. The van der Waals surface area contributed by atoms with Crippen LogP contribution in [0.4, 0.5) is 0 Å². The van der Waals surface area contributed by atoms with Gasteiger partial charge in [-0.2, -0.15) is 5.10 Å². The summed E-state index contributed by atoms with van der Waals surface area (Å²) < 4.78 is 6.73. The summed E-state index contributed by atoms with van der Waals surface area (Å²) in [5.74, 6) is -0.319. The summed E-state index contributed by atoms with van der Waals surface area (Å²) in [5, 5.41) is 4.29. The molecule has 1 amide bonds. The van der Waals surface area contributed by atoms with Crippen LogP contribution in [-0.2, 0) is 4.74 Å². The monoisotopic (exact) mass is 370 g/mol. The fourth-order valence-corrected chi connectivity index (χ4v) is 3.26. The van der Waals surface area contributed by atoms with Crippen molar-refractivity contribution in [3.63, 3.8) is 0 Å². The highest BCUT2D eigenvalue weighted by Crippen LogP contribution is 2.17. The molecule has 1 aromatic carbocycles. The fourth-order valence-electron chi connectivity index (χ4n) is 3.26. The smallest absolute Gasteiger partial charge is 0.341 e. The highest BCUT2D eigenvalue weighted by atomic mass is 16.5. The van der Waals surface area contributed by atoms with Gasteiger partial charge in [0, 0.05) is 25.2 Å². The molecule has 0 saturated carbocycles. The molecule has 7 nitrogen and oxygen atoms in total. The van der Waals surface area contributed by atoms with Crippen LogP contribution in [0.5, 0.6) is 0 Å². The zero-order valence-electron chi connectivity index (χ0n) is 16.1. The van der Waals surface area contributed by atoms with Crippen LogP contribution in [0, 0.1) is 6.92 Å². The predicted molar refractivity (Wildman–Crippen MR) is 102 cm³/mol. The topological polar surface area (TPSA) is 67.7 Å². The summed E-state index contributed by atoms with van der Waals surface area (Å²) in [6.07, 6.45) is 2.50. The van der Waals surface area contributed by atoms with E-state index in [1.807, 2.05) is 36.1 Å².